The van der Waals surface area contributed by atoms with Crippen molar-refractivity contribution in [3.05, 3.63) is 29.8 Å². The van der Waals surface area contributed by atoms with E-state index in [9.17, 15) is 9.59 Å². The zero-order chi connectivity index (χ0) is 15.2. The van der Waals surface area contributed by atoms with Gasteiger partial charge in [0.1, 0.15) is 11.5 Å². The maximum atomic E-state index is 12.2. The van der Waals surface area contributed by atoms with Gasteiger partial charge in [-0.15, -0.1) is 0 Å². The number of carbonyl (C=O) groups excluding carboxylic acids is 2. The van der Waals surface area contributed by atoms with Gasteiger partial charge in [0.25, 0.3) is 0 Å². The van der Waals surface area contributed by atoms with Gasteiger partial charge in [0.2, 0.25) is 5.91 Å². The molecule has 0 aliphatic carbocycles. The highest BCUT2D eigenvalue weighted by molar-refractivity contribution is 5.79. The van der Waals surface area contributed by atoms with Crippen LogP contribution in [0.25, 0.3) is 0 Å². The molecule has 1 saturated heterocycles. The fourth-order valence-electron chi connectivity index (χ4n) is 2.77. The van der Waals surface area contributed by atoms with Crippen molar-refractivity contribution in [2.45, 2.75) is 32.6 Å². The van der Waals surface area contributed by atoms with E-state index in [4.69, 9.17) is 4.74 Å². The number of nitrogens with zero attached hydrogens (tertiary/aromatic N) is 1. The average Bonchev–Trinajstić information content (AvgIpc) is 2.53. The molecule has 1 aromatic carbocycles. The van der Waals surface area contributed by atoms with E-state index < -0.39 is 0 Å². The molecule has 1 fully saturated rings. The molecule has 4 nitrogen and oxygen atoms in total. The summed E-state index contributed by atoms with van der Waals surface area (Å²) in [5.41, 5.74) is 1.11. The Balaban J connectivity index is 1.81. The molecule has 21 heavy (non-hydrogen) atoms. The Kier molecular flexibility index (Phi) is 5.37. The van der Waals surface area contributed by atoms with E-state index in [1.54, 1.807) is 14.0 Å². The number of Topliss-reactive ketones (excluding diaryl/α,β-unsaturated/α-hetero) is 1. The summed E-state index contributed by atoms with van der Waals surface area (Å²) in [6.45, 7) is 3.06. The quantitative estimate of drug-likeness (QED) is 0.836. The number of benzene rings is 1. The van der Waals surface area contributed by atoms with E-state index in [1.807, 2.05) is 29.2 Å². The Morgan fingerprint density at radius 1 is 1.29 bits per heavy atom. The minimum absolute atomic E-state index is 0.146. The summed E-state index contributed by atoms with van der Waals surface area (Å²) >= 11 is 0. The molecule has 2 rings (SSSR count). The number of carbonyl (C=O) groups is 2. The highest BCUT2D eigenvalue weighted by Gasteiger charge is 2.24. The lowest BCUT2D eigenvalue weighted by Crippen LogP contribution is -2.40. The highest BCUT2D eigenvalue weighted by atomic mass is 16.5. The number of rotatable bonds is 5. The van der Waals surface area contributed by atoms with Crippen LogP contribution in [0.2, 0.25) is 0 Å². The molecule has 1 amide bonds. The standard InChI is InChI=1S/C17H23NO3/c1-13(19)15-8-10-18(11-9-15)17(20)7-6-14-4-3-5-16(12-14)21-2/h3-5,12,15H,6-11H2,1-2H3. The Morgan fingerprint density at radius 3 is 2.62 bits per heavy atom. The summed E-state index contributed by atoms with van der Waals surface area (Å²) in [6, 6.07) is 7.82. The molecule has 1 aliphatic heterocycles. The molecule has 0 saturated carbocycles. The third-order valence-corrected chi connectivity index (χ3v) is 4.18. The molecule has 1 heterocycles. The number of ketones is 1. The number of amides is 1. The zero-order valence-electron chi connectivity index (χ0n) is 12.8. The Labute approximate surface area is 126 Å². The fourth-order valence-corrected chi connectivity index (χ4v) is 2.77. The van der Waals surface area contributed by atoms with Crippen LogP contribution in [0.3, 0.4) is 0 Å². The summed E-state index contributed by atoms with van der Waals surface area (Å²) < 4.78 is 5.18. The van der Waals surface area contributed by atoms with Crippen molar-refractivity contribution in [2.24, 2.45) is 5.92 Å². The van der Waals surface area contributed by atoms with E-state index in [1.165, 1.54) is 0 Å². The van der Waals surface area contributed by atoms with E-state index >= 15 is 0 Å². The van der Waals surface area contributed by atoms with Crippen LogP contribution in [-0.2, 0) is 16.0 Å². The summed E-state index contributed by atoms with van der Waals surface area (Å²) in [5, 5.41) is 0. The molecule has 0 unspecified atom stereocenters. The first-order valence-corrected chi connectivity index (χ1v) is 7.51. The van der Waals surface area contributed by atoms with Gasteiger partial charge >= 0.3 is 0 Å². The second-order valence-corrected chi connectivity index (χ2v) is 5.62. The van der Waals surface area contributed by atoms with Gasteiger partial charge in [-0.25, -0.2) is 0 Å². The number of likely N-dealkylation sites (tertiary alicyclic amines) is 1. The number of methoxy groups -OCH3 is 1. The molecule has 0 radical (unpaired) electrons. The summed E-state index contributed by atoms with van der Waals surface area (Å²) in [4.78, 5) is 25.4. The van der Waals surface area contributed by atoms with Crippen LogP contribution in [0.5, 0.6) is 5.75 Å². The highest BCUT2D eigenvalue weighted by Crippen LogP contribution is 2.19. The van der Waals surface area contributed by atoms with Crippen molar-refractivity contribution < 1.29 is 14.3 Å². The van der Waals surface area contributed by atoms with Gasteiger partial charge in [-0.1, -0.05) is 12.1 Å². The number of ether oxygens (including phenoxy) is 1. The molecule has 1 aliphatic rings. The van der Waals surface area contributed by atoms with E-state index in [0.29, 0.717) is 19.5 Å². The van der Waals surface area contributed by atoms with Crippen LogP contribution < -0.4 is 4.74 Å². The second kappa shape index (κ2) is 7.25. The normalized spacial score (nSPS) is 15.8. The monoisotopic (exact) mass is 289 g/mol. The van der Waals surface area contributed by atoms with Crippen molar-refractivity contribution in [2.75, 3.05) is 20.2 Å². The lowest BCUT2D eigenvalue weighted by atomic mass is 9.93. The van der Waals surface area contributed by atoms with Crippen molar-refractivity contribution in [1.29, 1.82) is 0 Å². The van der Waals surface area contributed by atoms with Gasteiger partial charge in [-0.3, -0.25) is 9.59 Å². The topological polar surface area (TPSA) is 46.6 Å². The zero-order valence-corrected chi connectivity index (χ0v) is 12.8. The van der Waals surface area contributed by atoms with Crippen LogP contribution in [-0.4, -0.2) is 36.8 Å². The number of aryl methyl sites for hydroxylation is 1. The van der Waals surface area contributed by atoms with Gasteiger partial charge in [0.15, 0.2) is 0 Å². The van der Waals surface area contributed by atoms with E-state index in [2.05, 4.69) is 0 Å². The minimum Gasteiger partial charge on any atom is -0.497 e. The first kappa shape index (κ1) is 15.5. The van der Waals surface area contributed by atoms with Crippen molar-refractivity contribution in [3.8, 4) is 5.75 Å². The van der Waals surface area contributed by atoms with Crippen molar-refractivity contribution in [1.82, 2.24) is 4.90 Å². The van der Waals surface area contributed by atoms with Crippen molar-refractivity contribution >= 4 is 11.7 Å². The number of hydrogen-bond acceptors (Lipinski definition) is 3. The first-order chi connectivity index (χ1) is 10.1. The SMILES string of the molecule is COc1cccc(CCC(=O)N2CCC(C(C)=O)CC2)c1. The predicted octanol–water partition coefficient (Wildman–Crippen LogP) is 2.46. The van der Waals surface area contributed by atoms with Gasteiger partial charge < -0.3 is 9.64 Å². The minimum atomic E-state index is 0.146. The van der Waals surface area contributed by atoms with Crippen molar-refractivity contribution in [3.63, 3.8) is 0 Å². The van der Waals surface area contributed by atoms with Gasteiger partial charge in [-0.05, 0) is 43.9 Å². The lowest BCUT2D eigenvalue weighted by Gasteiger charge is -2.31. The molecule has 0 atom stereocenters. The summed E-state index contributed by atoms with van der Waals surface area (Å²) in [6.07, 6.45) is 2.85. The Bertz CT molecular complexity index is 505. The first-order valence-electron chi connectivity index (χ1n) is 7.51. The lowest BCUT2D eigenvalue weighted by molar-refractivity contribution is -0.134. The van der Waals surface area contributed by atoms with E-state index in [0.717, 1.165) is 30.6 Å². The third-order valence-electron chi connectivity index (χ3n) is 4.18. The smallest absolute Gasteiger partial charge is 0.222 e. The molecule has 4 heteroatoms. The van der Waals surface area contributed by atoms with Gasteiger partial charge in [0, 0.05) is 25.4 Å². The molecule has 0 spiro atoms. The van der Waals surface area contributed by atoms with Crippen LogP contribution >= 0.6 is 0 Å². The predicted molar refractivity (Wildman–Crippen MR) is 81.3 cm³/mol. The number of piperidine rings is 1. The number of hydrogen-bond donors (Lipinski definition) is 0. The molecular formula is C17H23NO3. The van der Waals surface area contributed by atoms with E-state index in [-0.39, 0.29) is 17.6 Å². The summed E-state index contributed by atoms with van der Waals surface area (Å²) in [5.74, 6) is 1.40. The molecule has 0 aromatic heterocycles. The van der Waals surface area contributed by atoms with Gasteiger partial charge in [0.05, 0.1) is 7.11 Å². The second-order valence-electron chi connectivity index (χ2n) is 5.62. The van der Waals surface area contributed by atoms with Crippen LogP contribution in [0, 0.1) is 5.92 Å². The Hall–Kier alpha value is -1.84. The third kappa shape index (κ3) is 4.31. The summed E-state index contributed by atoms with van der Waals surface area (Å²) in [7, 11) is 1.64. The molecule has 114 valence electrons. The average molecular weight is 289 g/mol. The maximum Gasteiger partial charge on any atom is 0.222 e. The largest absolute Gasteiger partial charge is 0.497 e. The van der Waals surface area contributed by atoms with Crippen LogP contribution in [0.15, 0.2) is 24.3 Å². The molecular weight excluding hydrogens is 266 g/mol. The van der Waals surface area contributed by atoms with Crippen LogP contribution in [0.1, 0.15) is 31.7 Å². The van der Waals surface area contributed by atoms with Crippen LogP contribution in [0.4, 0.5) is 0 Å². The molecule has 0 N–H and O–H groups in total. The fraction of sp³-hybridized carbons (Fsp3) is 0.529. The van der Waals surface area contributed by atoms with Gasteiger partial charge in [-0.2, -0.15) is 0 Å². The molecule has 0 bridgehead atoms. The molecule has 1 aromatic rings. The maximum absolute atomic E-state index is 12.2. The Morgan fingerprint density at radius 2 is 2.00 bits per heavy atom.